The van der Waals surface area contributed by atoms with E-state index in [1.807, 2.05) is 30.3 Å². The fourth-order valence-electron chi connectivity index (χ4n) is 2.65. The summed E-state index contributed by atoms with van der Waals surface area (Å²) in [7, 11) is 0. The molecule has 1 aliphatic rings. The molecule has 6 heteroatoms. The topological polar surface area (TPSA) is 89.1 Å². The van der Waals surface area contributed by atoms with Crippen molar-refractivity contribution in [2.75, 3.05) is 0 Å². The monoisotopic (exact) mass is 319 g/mol. The molecule has 0 saturated carbocycles. The Bertz CT molecular complexity index is 988. The van der Waals surface area contributed by atoms with Crippen LogP contribution in [0.1, 0.15) is 18.2 Å². The van der Waals surface area contributed by atoms with Gasteiger partial charge < -0.3 is 9.52 Å². The van der Waals surface area contributed by atoms with Crippen molar-refractivity contribution in [3.63, 3.8) is 0 Å². The van der Waals surface area contributed by atoms with Crippen molar-refractivity contribution in [3.8, 4) is 11.5 Å². The van der Waals surface area contributed by atoms with Crippen molar-refractivity contribution in [2.45, 2.75) is 12.3 Å². The normalized spacial score (nSPS) is 17.0. The van der Waals surface area contributed by atoms with Crippen molar-refractivity contribution in [1.82, 2.24) is 15.2 Å². The van der Waals surface area contributed by atoms with Crippen LogP contribution in [0.2, 0.25) is 0 Å². The standard InChI is InChI=1S/C18H13N3O3/c22-18(23)12-7-5-11(6-8-12)16-20-21-17(24-16)14-9-13-3-1-2-4-15(13)19-10-14/h1-5,7-11H,6H2,(H,22,23). The fourth-order valence-corrected chi connectivity index (χ4v) is 2.65. The maximum absolute atomic E-state index is 10.9. The molecule has 3 aromatic rings. The van der Waals surface area contributed by atoms with Gasteiger partial charge in [0.1, 0.15) is 0 Å². The van der Waals surface area contributed by atoms with E-state index >= 15 is 0 Å². The Hall–Kier alpha value is -3.28. The first-order valence-electron chi connectivity index (χ1n) is 7.51. The van der Waals surface area contributed by atoms with Gasteiger partial charge in [-0.2, -0.15) is 0 Å². The zero-order chi connectivity index (χ0) is 16.5. The molecule has 0 amide bonds. The van der Waals surface area contributed by atoms with Gasteiger partial charge in [-0.15, -0.1) is 10.2 Å². The van der Waals surface area contributed by atoms with Crippen LogP contribution in [0, 0.1) is 0 Å². The molecule has 1 atom stereocenters. The van der Waals surface area contributed by atoms with Gasteiger partial charge in [0, 0.05) is 11.6 Å². The van der Waals surface area contributed by atoms with Gasteiger partial charge in [-0.25, -0.2) is 4.79 Å². The predicted octanol–water partition coefficient (Wildman–Crippen LogP) is 3.34. The number of carboxylic acid groups (broad SMARTS) is 1. The number of rotatable bonds is 3. The predicted molar refractivity (Wildman–Crippen MR) is 87.3 cm³/mol. The Kier molecular flexibility index (Phi) is 3.42. The number of benzene rings is 1. The average Bonchev–Trinajstić information content (AvgIpc) is 3.11. The summed E-state index contributed by atoms with van der Waals surface area (Å²) in [6.07, 6.45) is 7.24. The summed E-state index contributed by atoms with van der Waals surface area (Å²) in [6.45, 7) is 0. The molecule has 1 aliphatic carbocycles. The average molecular weight is 319 g/mol. The summed E-state index contributed by atoms with van der Waals surface area (Å²) in [5.41, 5.74) is 1.95. The fraction of sp³-hybridized carbons (Fsp3) is 0.111. The van der Waals surface area contributed by atoms with Crippen LogP contribution >= 0.6 is 0 Å². The van der Waals surface area contributed by atoms with Gasteiger partial charge in [-0.3, -0.25) is 4.98 Å². The second kappa shape index (κ2) is 5.73. The zero-order valence-corrected chi connectivity index (χ0v) is 12.6. The van der Waals surface area contributed by atoms with E-state index in [4.69, 9.17) is 9.52 Å². The highest BCUT2D eigenvalue weighted by Gasteiger charge is 2.20. The number of aromatic nitrogens is 3. The van der Waals surface area contributed by atoms with Crippen molar-refractivity contribution < 1.29 is 14.3 Å². The lowest BCUT2D eigenvalue weighted by Gasteiger charge is -2.10. The van der Waals surface area contributed by atoms with E-state index in [1.165, 1.54) is 0 Å². The van der Waals surface area contributed by atoms with Crippen LogP contribution < -0.4 is 0 Å². The van der Waals surface area contributed by atoms with E-state index in [0.29, 0.717) is 18.2 Å². The smallest absolute Gasteiger partial charge is 0.335 e. The Morgan fingerprint density at radius 2 is 2.12 bits per heavy atom. The van der Waals surface area contributed by atoms with E-state index in [2.05, 4.69) is 15.2 Å². The molecule has 0 bridgehead atoms. The lowest BCUT2D eigenvalue weighted by atomic mass is 9.97. The third-order valence-electron chi connectivity index (χ3n) is 3.94. The van der Waals surface area contributed by atoms with Crippen molar-refractivity contribution >= 4 is 16.9 Å². The largest absolute Gasteiger partial charge is 0.478 e. The van der Waals surface area contributed by atoms with E-state index in [0.717, 1.165) is 16.5 Å². The Morgan fingerprint density at radius 3 is 2.92 bits per heavy atom. The molecule has 0 fully saturated rings. The summed E-state index contributed by atoms with van der Waals surface area (Å²) in [5, 5.41) is 18.1. The minimum Gasteiger partial charge on any atom is -0.478 e. The molecule has 2 aromatic heterocycles. The highest BCUT2D eigenvalue weighted by atomic mass is 16.4. The Labute approximate surface area is 137 Å². The zero-order valence-electron chi connectivity index (χ0n) is 12.6. The molecule has 0 spiro atoms. The highest BCUT2D eigenvalue weighted by molar-refractivity contribution is 5.90. The first kappa shape index (κ1) is 14.3. The highest BCUT2D eigenvalue weighted by Crippen LogP contribution is 2.29. The van der Waals surface area contributed by atoms with Crippen LogP contribution in [-0.2, 0) is 4.79 Å². The van der Waals surface area contributed by atoms with Crippen LogP contribution in [0.15, 0.2) is 64.7 Å². The van der Waals surface area contributed by atoms with E-state index in [-0.39, 0.29) is 11.5 Å². The first-order valence-corrected chi connectivity index (χ1v) is 7.51. The molecule has 1 unspecified atom stereocenters. The second-order valence-electron chi connectivity index (χ2n) is 5.53. The number of fused-ring (bicyclic) bond motifs is 1. The van der Waals surface area contributed by atoms with Crippen molar-refractivity contribution in [2.24, 2.45) is 0 Å². The Balaban J connectivity index is 1.61. The number of pyridine rings is 1. The van der Waals surface area contributed by atoms with Crippen LogP contribution in [0.5, 0.6) is 0 Å². The molecule has 118 valence electrons. The first-order chi connectivity index (χ1) is 11.7. The number of para-hydroxylation sites is 1. The quantitative estimate of drug-likeness (QED) is 0.796. The number of allylic oxidation sites excluding steroid dienone is 2. The third-order valence-corrected chi connectivity index (χ3v) is 3.94. The van der Waals surface area contributed by atoms with Gasteiger partial charge in [0.25, 0.3) is 0 Å². The molecule has 0 radical (unpaired) electrons. The van der Waals surface area contributed by atoms with Crippen LogP contribution in [0.3, 0.4) is 0 Å². The summed E-state index contributed by atoms with van der Waals surface area (Å²) in [4.78, 5) is 15.3. The summed E-state index contributed by atoms with van der Waals surface area (Å²) in [5.74, 6) is -0.166. The van der Waals surface area contributed by atoms with Crippen molar-refractivity contribution in [3.05, 3.63) is 66.2 Å². The SMILES string of the molecule is O=C(O)C1=CCC(c2nnc(-c3cnc4ccccc4c3)o2)C=C1. The number of hydrogen-bond donors (Lipinski definition) is 1. The number of carbonyl (C=O) groups is 1. The number of hydrogen-bond acceptors (Lipinski definition) is 5. The minimum atomic E-state index is -0.932. The van der Waals surface area contributed by atoms with Crippen LogP contribution in [0.4, 0.5) is 0 Å². The molecule has 1 N–H and O–H groups in total. The second-order valence-corrected chi connectivity index (χ2v) is 5.53. The van der Waals surface area contributed by atoms with Crippen molar-refractivity contribution in [1.29, 1.82) is 0 Å². The van der Waals surface area contributed by atoms with E-state index in [9.17, 15) is 4.79 Å². The summed E-state index contributed by atoms with van der Waals surface area (Å²) in [6, 6.07) is 9.77. The number of nitrogens with zero attached hydrogens (tertiary/aromatic N) is 3. The van der Waals surface area contributed by atoms with Gasteiger partial charge in [-0.1, -0.05) is 36.4 Å². The van der Waals surface area contributed by atoms with E-state index < -0.39 is 5.97 Å². The van der Waals surface area contributed by atoms with Crippen LogP contribution in [-0.4, -0.2) is 26.3 Å². The lowest BCUT2D eigenvalue weighted by molar-refractivity contribution is -0.132. The summed E-state index contributed by atoms with van der Waals surface area (Å²) >= 11 is 0. The van der Waals surface area contributed by atoms with Gasteiger partial charge in [0.15, 0.2) is 0 Å². The molecule has 0 aliphatic heterocycles. The maximum atomic E-state index is 10.9. The Morgan fingerprint density at radius 1 is 1.25 bits per heavy atom. The number of carboxylic acids is 1. The minimum absolute atomic E-state index is 0.109. The molecule has 4 rings (SSSR count). The van der Waals surface area contributed by atoms with Gasteiger partial charge in [-0.05, 0) is 18.6 Å². The van der Waals surface area contributed by atoms with Gasteiger partial charge in [0.2, 0.25) is 11.8 Å². The molecular weight excluding hydrogens is 306 g/mol. The third kappa shape index (κ3) is 2.58. The van der Waals surface area contributed by atoms with E-state index in [1.54, 1.807) is 24.4 Å². The lowest BCUT2D eigenvalue weighted by Crippen LogP contribution is -2.05. The molecule has 0 saturated heterocycles. The van der Waals surface area contributed by atoms with Gasteiger partial charge >= 0.3 is 5.97 Å². The molecule has 2 heterocycles. The number of aliphatic carboxylic acids is 1. The molecular formula is C18H13N3O3. The van der Waals surface area contributed by atoms with Gasteiger partial charge in [0.05, 0.1) is 22.6 Å². The molecule has 1 aromatic carbocycles. The molecule has 24 heavy (non-hydrogen) atoms. The summed E-state index contributed by atoms with van der Waals surface area (Å²) < 4.78 is 5.76. The molecule has 6 nitrogen and oxygen atoms in total. The maximum Gasteiger partial charge on any atom is 0.335 e. The van der Waals surface area contributed by atoms with Crippen LogP contribution in [0.25, 0.3) is 22.4 Å².